The van der Waals surface area contributed by atoms with Crippen molar-refractivity contribution in [3.05, 3.63) is 35.4 Å². The Morgan fingerprint density at radius 1 is 1.00 bits per heavy atom. The summed E-state index contributed by atoms with van der Waals surface area (Å²) in [6.07, 6.45) is -0.935. The number of halogens is 3. The Morgan fingerprint density at radius 2 is 1.59 bits per heavy atom. The van der Waals surface area contributed by atoms with E-state index in [1.807, 2.05) is 18.7 Å². The molecule has 2 amide bonds. The van der Waals surface area contributed by atoms with Crippen LogP contribution in [0, 0.1) is 0 Å². The monoisotopic (exact) mass is 386 g/mol. The minimum absolute atomic E-state index is 0.0799. The lowest BCUT2D eigenvalue weighted by Gasteiger charge is -2.21. The highest BCUT2D eigenvalue weighted by Crippen LogP contribution is 2.29. The number of rotatable bonds is 11. The SMILES string of the molecule is CCCN(CCC)C(=O)CCCC(=O)NCCc1ccc(C(F)(F)F)cc1. The molecule has 0 saturated heterocycles. The average Bonchev–Trinajstić information content (AvgIpc) is 2.61. The number of hydrogen-bond acceptors (Lipinski definition) is 2. The molecule has 0 aliphatic rings. The third kappa shape index (κ3) is 8.93. The average molecular weight is 386 g/mol. The summed E-state index contributed by atoms with van der Waals surface area (Å²) < 4.78 is 37.5. The van der Waals surface area contributed by atoms with E-state index in [9.17, 15) is 22.8 Å². The van der Waals surface area contributed by atoms with Gasteiger partial charge in [0.2, 0.25) is 11.8 Å². The predicted octanol–water partition coefficient (Wildman–Crippen LogP) is 4.18. The molecule has 0 atom stereocenters. The highest BCUT2D eigenvalue weighted by molar-refractivity contribution is 5.78. The Bertz CT molecular complexity index is 580. The number of nitrogens with one attached hydrogen (secondary N) is 1. The lowest BCUT2D eigenvalue weighted by molar-refractivity contribution is -0.137. The fraction of sp³-hybridized carbons (Fsp3) is 0.600. The van der Waals surface area contributed by atoms with E-state index in [1.54, 1.807) is 0 Å². The second-order valence-corrected chi connectivity index (χ2v) is 6.53. The van der Waals surface area contributed by atoms with Crippen molar-refractivity contribution in [3.63, 3.8) is 0 Å². The van der Waals surface area contributed by atoms with E-state index in [0.29, 0.717) is 25.8 Å². The van der Waals surface area contributed by atoms with E-state index < -0.39 is 11.7 Å². The fourth-order valence-corrected chi connectivity index (χ4v) is 2.75. The molecule has 0 radical (unpaired) electrons. The standard InChI is InChI=1S/C20H29F3N2O2/c1-3-14-25(15-4-2)19(27)7-5-6-18(26)24-13-12-16-8-10-17(11-9-16)20(21,22)23/h8-11H,3-7,12-15H2,1-2H3,(H,24,26). The number of amides is 2. The highest BCUT2D eigenvalue weighted by Gasteiger charge is 2.29. The summed E-state index contributed by atoms with van der Waals surface area (Å²) in [4.78, 5) is 25.8. The zero-order chi connectivity index (χ0) is 20.3. The normalized spacial score (nSPS) is 11.3. The molecule has 0 heterocycles. The number of carbonyl (C=O) groups is 2. The first-order chi connectivity index (χ1) is 12.8. The van der Waals surface area contributed by atoms with Crippen molar-refractivity contribution in [2.75, 3.05) is 19.6 Å². The first-order valence-electron chi connectivity index (χ1n) is 9.48. The zero-order valence-electron chi connectivity index (χ0n) is 16.1. The lowest BCUT2D eigenvalue weighted by atomic mass is 10.1. The van der Waals surface area contributed by atoms with Gasteiger partial charge >= 0.3 is 6.18 Å². The second kappa shape index (κ2) is 11.6. The second-order valence-electron chi connectivity index (χ2n) is 6.53. The predicted molar refractivity (Wildman–Crippen MR) is 99.2 cm³/mol. The first-order valence-corrected chi connectivity index (χ1v) is 9.48. The van der Waals surface area contributed by atoms with Gasteiger partial charge in [-0.3, -0.25) is 9.59 Å². The van der Waals surface area contributed by atoms with Crippen LogP contribution in [0.3, 0.4) is 0 Å². The van der Waals surface area contributed by atoms with Crippen LogP contribution in [-0.2, 0) is 22.2 Å². The minimum atomic E-state index is -4.34. The number of hydrogen-bond donors (Lipinski definition) is 1. The summed E-state index contributed by atoms with van der Waals surface area (Å²) in [5.74, 6) is -0.0662. The van der Waals surface area contributed by atoms with Crippen molar-refractivity contribution in [3.8, 4) is 0 Å². The molecule has 0 saturated carbocycles. The maximum atomic E-state index is 12.5. The van der Waals surface area contributed by atoms with Gasteiger partial charge in [-0.1, -0.05) is 26.0 Å². The quantitative estimate of drug-likeness (QED) is 0.620. The topological polar surface area (TPSA) is 49.4 Å². The van der Waals surface area contributed by atoms with Crippen LogP contribution in [0.25, 0.3) is 0 Å². The van der Waals surface area contributed by atoms with Gasteiger partial charge in [0.25, 0.3) is 0 Å². The molecular formula is C20H29F3N2O2. The third-order valence-corrected chi connectivity index (χ3v) is 4.15. The minimum Gasteiger partial charge on any atom is -0.356 e. The molecule has 1 rings (SSSR count). The van der Waals surface area contributed by atoms with Crippen LogP contribution in [-0.4, -0.2) is 36.3 Å². The summed E-state index contributed by atoms with van der Waals surface area (Å²) >= 11 is 0. The third-order valence-electron chi connectivity index (χ3n) is 4.15. The van der Waals surface area contributed by atoms with Gasteiger partial charge in [-0.25, -0.2) is 0 Å². The summed E-state index contributed by atoms with van der Waals surface area (Å²) in [5, 5.41) is 2.74. The van der Waals surface area contributed by atoms with Crippen LogP contribution in [0.2, 0.25) is 0 Å². The highest BCUT2D eigenvalue weighted by atomic mass is 19.4. The van der Waals surface area contributed by atoms with E-state index in [4.69, 9.17) is 0 Å². The summed E-state index contributed by atoms with van der Waals surface area (Å²) in [6, 6.07) is 4.93. The molecule has 1 aromatic rings. The Labute approximate surface area is 159 Å². The molecule has 0 spiro atoms. The van der Waals surface area contributed by atoms with Crippen LogP contribution in [0.4, 0.5) is 13.2 Å². The number of benzene rings is 1. The van der Waals surface area contributed by atoms with Crippen molar-refractivity contribution in [2.45, 2.75) is 58.5 Å². The van der Waals surface area contributed by atoms with Crippen molar-refractivity contribution < 1.29 is 22.8 Å². The van der Waals surface area contributed by atoms with Crippen molar-refractivity contribution in [1.82, 2.24) is 10.2 Å². The molecule has 0 unspecified atom stereocenters. The van der Waals surface area contributed by atoms with Crippen LogP contribution in [0.5, 0.6) is 0 Å². The van der Waals surface area contributed by atoms with Crippen LogP contribution < -0.4 is 5.32 Å². The first kappa shape index (κ1) is 23.0. The van der Waals surface area contributed by atoms with Crippen LogP contribution >= 0.6 is 0 Å². The number of nitrogens with zero attached hydrogens (tertiary/aromatic N) is 1. The van der Waals surface area contributed by atoms with Gasteiger partial charge in [0.1, 0.15) is 0 Å². The van der Waals surface area contributed by atoms with E-state index in [0.717, 1.165) is 43.6 Å². The molecule has 1 aromatic carbocycles. The summed E-state index contributed by atoms with van der Waals surface area (Å²) in [5.41, 5.74) is 0.0494. The summed E-state index contributed by atoms with van der Waals surface area (Å²) in [7, 11) is 0. The van der Waals surface area contributed by atoms with Crippen molar-refractivity contribution in [2.24, 2.45) is 0 Å². The van der Waals surface area contributed by atoms with Gasteiger partial charge in [0.15, 0.2) is 0 Å². The smallest absolute Gasteiger partial charge is 0.356 e. The van der Waals surface area contributed by atoms with Crippen molar-refractivity contribution in [1.29, 1.82) is 0 Å². The number of alkyl halides is 3. The van der Waals surface area contributed by atoms with E-state index >= 15 is 0 Å². The maximum absolute atomic E-state index is 12.5. The molecule has 0 aromatic heterocycles. The molecule has 152 valence electrons. The Hall–Kier alpha value is -2.05. The molecule has 0 bridgehead atoms. The van der Waals surface area contributed by atoms with E-state index in [2.05, 4.69) is 5.32 Å². The Balaban J connectivity index is 2.26. The van der Waals surface area contributed by atoms with Gasteiger partial charge in [0.05, 0.1) is 5.56 Å². The largest absolute Gasteiger partial charge is 0.416 e. The molecule has 0 aliphatic heterocycles. The van der Waals surface area contributed by atoms with Gasteiger partial charge in [-0.2, -0.15) is 13.2 Å². The fourth-order valence-electron chi connectivity index (χ4n) is 2.75. The molecule has 1 N–H and O–H groups in total. The molecule has 7 heteroatoms. The van der Waals surface area contributed by atoms with Gasteiger partial charge in [-0.05, 0) is 43.4 Å². The molecule has 0 fully saturated rings. The zero-order valence-corrected chi connectivity index (χ0v) is 16.1. The summed E-state index contributed by atoms with van der Waals surface area (Å²) in [6.45, 7) is 5.90. The molecule has 4 nitrogen and oxygen atoms in total. The van der Waals surface area contributed by atoms with Gasteiger partial charge < -0.3 is 10.2 Å². The molecular weight excluding hydrogens is 357 g/mol. The maximum Gasteiger partial charge on any atom is 0.416 e. The molecule has 27 heavy (non-hydrogen) atoms. The van der Waals surface area contributed by atoms with E-state index in [-0.39, 0.29) is 18.2 Å². The molecule has 0 aliphatic carbocycles. The van der Waals surface area contributed by atoms with Gasteiger partial charge in [0, 0.05) is 32.5 Å². The lowest BCUT2D eigenvalue weighted by Crippen LogP contribution is -2.32. The Morgan fingerprint density at radius 3 is 2.11 bits per heavy atom. The van der Waals surface area contributed by atoms with Crippen LogP contribution in [0.15, 0.2) is 24.3 Å². The van der Waals surface area contributed by atoms with Crippen molar-refractivity contribution >= 4 is 11.8 Å². The Kier molecular flexibility index (Phi) is 9.89. The van der Waals surface area contributed by atoms with E-state index in [1.165, 1.54) is 12.1 Å². The number of carbonyl (C=O) groups excluding carboxylic acids is 2. The van der Waals surface area contributed by atoms with Crippen LogP contribution in [0.1, 0.15) is 57.1 Å². The van der Waals surface area contributed by atoms with Gasteiger partial charge in [-0.15, -0.1) is 0 Å².